The summed E-state index contributed by atoms with van der Waals surface area (Å²) >= 11 is 3.46. The Labute approximate surface area is 119 Å². The summed E-state index contributed by atoms with van der Waals surface area (Å²) in [6.45, 7) is 4.00. The van der Waals surface area contributed by atoms with Crippen molar-refractivity contribution in [3.8, 4) is 6.01 Å². The van der Waals surface area contributed by atoms with E-state index in [1.165, 1.54) is 7.11 Å². The Bertz CT molecular complexity index is 594. The van der Waals surface area contributed by atoms with E-state index in [1.807, 2.05) is 26.0 Å². The molecule has 0 saturated heterocycles. The molecule has 1 aromatic heterocycles. The zero-order valence-corrected chi connectivity index (χ0v) is 12.4. The van der Waals surface area contributed by atoms with Crippen LogP contribution in [0.1, 0.15) is 11.1 Å². The summed E-state index contributed by atoms with van der Waals surface area (Å²) in [5, 5.41) is 3.14. The Morgan fingerprint density at radius 3 is 2.37 bits per heavy atom. The maximum Gasteiger partial charge on any atom is 0.322 e. The highest BCUT2D eigenvalue weighted by atomic mass is 79.9. The summed E-state index contributed by atoms with van der Waals surface area (Å²) in [5.74, 6) is 0.472. The third-order valence-corrected chi connectivity index (χ3v) is 3.01. The molecule has 0 amide bonds. The summed E-state index contributed by atoms with van der Waals surface area (Å²) in [7, 11) is 1.48. The van der Waals surface area contributed by atoms with Gasteiger partial charge in [-0.25, -0.2) is 0 Å². The van der Waals surface area contributed by atoms with Crippen LogP contribution in [0.4, 0.5) is 17.6 Å². The van der Waals surface area contributed by atoms with E-state index < -0.39 is 0 Å². The van der Waals surface area contributed by atoms with Crippen molar-refractivity contribution < 1.29 is 4.74 Å². The number of ether oxygens (including phenoxy) is 1. The van der Waals surface area contributed by atoms with E-state index in [2.05, 4.69) is 36.2 Å². The van der Waals surface area contributed by atoms with Crippen LogP contribution in [0.3, 0.4) is 0 Å². The van der Waals surface area contributed by atoms with Crippen molar-refractivity contribution in [2.45, 2.75) is 13.8 Å². The molecule has 0 saturated carbocycles. The van der Waals surface area contributed by atoms with Gasteiger partial charge in [-0.1, -0.05) is 15.9 Å². The number of hydrogen-bond donors (Lipinski definition) is 2. The first-order valence-electron chi connectivity index (χ1n) is 5.59. The highest BCUT2D eigenvalue weighted by molar-refractivity contribution is 9.10. The molecule has 0 unspecified atom stereocenters. The minimum Gasteiger partial charge on any atom is -0.467 e. The van der Waals surface area contributed by atoms with Crippen LogP contribution >= 0.6 is 15.9 Å². The van der Waals surface area contributed by atoms with Gasteiger partial charge in [-0.05, 0) is 37.1 Å². The number of aryl methyl sites for hydroxylation is 2. The van der Waals surface area contributed by atoms with E-state index in [0.29, 0.717) is 5.95 Å². The molecule has 0 aliphatic rings. The summed E-state index contributed by atoms with van der Waals surface area (Å²) in [4.78, 5) is 12.0. The second kappa shape index (κ2) is 5.40. The Balaban J connectivity index is 2.39. The van der Waals surface area contributed by atoms with Gasteiger partial charge in [-0.3, -0.25) is 0 Å². The Hall–Kier alpha value is -1.89. The molecule has 100 valence electrons. The molecule has 0 bridgehead atoms. The van der Waals surface area contributed by atoms with Gasteiger partial charge in [0.15, 0.2) is 0 Å². The molecule has 1 heterocycles. The number of nitrogens with two attached hydrogens (primary N) is 1. The maximum atomic E-state index is 5.60. The van der Waals surface area contributed by atoms with Crippen LogP contribution in [0.5, 0.6) is 6.01 Å². The first kappa shape index (κ1) is 13.5. The predicted molar refractivity (Wildman–Crippen MR) is 77.7 cm³/mol. The fraction of sp³-hybridized carbons (Fsp3) is 0.250. The van der Waals surface area contributed by atoms with Crippen molar-refractivity contribution in [2.24, 2.45) is 0 Å². The molecule has 0 spiro atoms. The van der Waals surface area contributed by atoms with Gasteiger partial charge in [0, 0.05) is 10.2 Å². The SMILES string of the molecule is COc1nc(N)nc(Nc2c(C)cc(Br)cc2C)n1. The Kier molecular flexibility index (Phi) is 3.84. The monoisotopic (exact) mass is 323 g/mol. The maximum absolute atomic E-state index is 5.60. The number of rotatable bonds is 3. The van der Waals surface area contributed by atoms with E-state index in [-0.39, 0.29) is 12.0 Å². The number of anilines is 3. The second-order valence-electron chi connectivity index (χ2n) is 4.04. The van der Waals surface area contributed by atoms with E-state index in [1.54, 1.807) is 0 Å². The number of aromatic nitrogens is 3. The first-order valence-corrected chi connectivity index (χ1v) is 6.38. The summed E-state index contributed by atoms with van der Waals surface area (Å²) in [5.41, 5.74) is 8.69. The third kappa shape index (κ3) is 3.11. The number of benzene rings is 1. The van der Waals surface area contributed by atoms with Crippen molar-refractivity contribution in [3.63, 3.8) is 0 Å². The van der Waals surface area contributed by atoms with Gasteiger partial charge in [0.25, 0.3) is 0 Å². The molecule has 0 aliphatic carbocycles. The lowest BCUT2D eigenvalue weighted by Gasteiger charge is -2.12. The van der Waals surface area contributed by atoms with E-state index in [0.717, 1.165) is 21.3 Å². The molecule has 1 aromatic carbocycles. The number of nitrogens with one attached hydrogen (secondary N) is 1. The number of nitrogens with zero attached hydrogens (tertiary/aromatic N) is 3. The molecule has 0 aliphatic heterocycles. The van der Waals surface area contributed by atoms with Gasteiger partial charge in [0.1, 0.15) is 0 Å². The minimum absolute atomic E-state index is 0.113. The number of halogens is 1. The van der Waals surface area contributed by atoms with Crippen LogP contribution in [-0.2, 0) is 0 Å². The van der Waals surface area contributed by atoms with Crippen molar-refractivity contribution >= 4 is 33.5 Å². The lowest BCUT2D eigenvalue weighted by atomic mass is 10.1. The average Bonchev–Trinajstić information content (AvgIpc) is 2.33. The summed E-state index contributed by atoms with van der Waals surface area (Å²) < 4.78 is 5.99. The Morgan fingerprint density at radius 1 is 1.16 bits per heavy atom. The summed E-state index contributed by atoms with van der Waals surface area (Å²) in [6, 6.07) is 4.20. The van der Waals surface area contributed by atoms with Gasteiger partial charge in [0.2, 0.25) is 11.9 Å². The highest BCUT2D eigenvalue weighted by Crippen LogP contribution is 2.27. The van der Waals surface area contributed by atoms with Gasteiger partial charge in [-0.15, -0.1) is 0 Å². The third-order valence-electron chi connectivity index (χ3n) is 2.55. The average molecular weight is 324 g/mol. The Morgan fingerprint density at radius 2 is 1.79 bits per heavy atom. The van der Waals surface area contributed by atoms with Crippen LogP contribution in [-0.4, -0.2) is 22.1 Å². The molecule has 0 atom stereocenters. The molecule has 6 nitrogen and oxygen atoms in total. The van der Waals surface area contributed by atoms with Crippen LogP contribution in [0.15, 0.2) is 16.6 Å². The number of nitrogen functional groups attached to an aromatic ring is 1. The zero-order valence-electron chi connectivity index (χ0n) is 10.9. The first-order chi connectivity index (χ1) is 8.99. The molecule has 7 heteroatoms. The van der Waals surface area contributed by atoms with Crippen molar-refractivity contribution in [3.05, 3.63) is 27.7 Å². The standard InChI is InChI=1S/C12H14BrN5O/c1-6-4-8(13)5-7(2)9(6)15-11-16-10(14)17-12(18-11)19-3/h4-5H,1-3H3,(H3,14,15,16,17,18). The van der Waals surface area contributed by atoms with Gasteiger partial charge in [-0.2, -0.15) is 15.0 Å². The van der Waals surface area contributed by atoms with Gasteiger partial charge in [0.05, 0.1) is 7.11 Å². The lowest BCUT2D eigenvalue weighted by molar-refractivity contribution is 0.380. The molecule has 0 radical (unpaired) electrons. The minimum atomic E-state index is 0.113. The van der Waals surface area contributed by atoms with Crippen molar-refractivity contribution in [1.82, 2.24) is 15.0 Å². The van der Waals surface area contributed by atoms with Crippen LogP contribution in [0.25, 0.3) is 0 Å². The van der Waals surface area contributed by atoms with Crippen molar-refractivity contribution in [1.29, 1.82) is 0 Å². The van der Waals surface area contributed by atoms with Crippen molar-refractivity contribution in [2.75, 3.05) is 18.2 Å². The lowest BCUT2D eigenvalue weighted by Crippen LogP contribution is -2.06. The summed E-state index contributed by atoms with van der Waals surface area (Å²) in [6.07, 6.45) is 0. The highest BCUT2D eigenvalue weighted by Gasteiger charge is 2.09. The van der Waals surface area contributed by atoms with E-state index in [9.17, 15) is 0 Å². The van der Waals surface area contributed by atoms with E-state index in [4.69, 9.17) is 10.5 Å². The van der Waals surface area contributed by atoms with E-state index >= 15 is 0 Å². The fourth-order valence-electron chi connectivity index (χ4n) is 1.74. The normalized spacial score (nSPS) is 10.3. The predicted octanol–water partition coefficient (Wildman–Crippen LogP) is 2.59. The smallest absolute Gasteiger partial charge is 0.322 e. The van der Waals surface area contributed by atoms with Crippen LogP contribution in [0, 0.1) is 13.8 Å². The fourth-order valence-corrected chi connectivity index (χ4v) is 2.43. The molecular weight excluding hydrogens is 310 g/mol. The molecular formula is C12H14BrN5O. The number of hydrogen-bond acceptors (Lipinski definition) is 6. The molecule has 3 N–H and O–H groups in total. The quantitative estimate of drug-likeness (QED) is 0.902. The molecule has 2 rings (SSSR count). The second-order valence-corrected chi connectivity index (χ2v) is 4.96. The largest absolute Gasteiger partial charge is 0.467 e. The van der Waals surface area contributed by atoms with Crippen LogP contribution < -0.4 is 15.8 Å². The molecule has 19 heavy (non-hydrogen) atoms. The number of methoxy groups -OCH3 is 1. The molecule has 2 aromatic rings. The van der Waals surface area contributed by atoms with Crippen LogP contribution in [0.2, 0.25) is 0 Å². The topological polar surface area (TPSA) is 86.0 Å². The molecule has 0 fully saturated rings. The van der Waals surface area contributed by atoms with Gasteiger partial charge >= 0.3 is 6.01 Å². The zero-order chi connectivity index (χ0) is 14.0. The van der Waals surface area contributed by atoms with Gasteiger partial charge < -0.3 is 15.8 Å².